The first-order valence-corrected chi connectivity index (χ1v) is 11.4. The van der Waals surface area contributed by atoms with Crippen molar-refractivity contribution >= 4 is 21.7 Å². The van der Waals surface area contributed by atoms with Gasteiger partial charge in [-0.15, -0.1) is 0 Å². The van der Waals surface area contributed by atoms with E-state index >= 15 is 0 Å². The summed E-state index contributed by atoms with van der Waals surface area (Å²) in [5, 5.41) is 0. The van der Waals surface area contributed by atoms with Gasteiger partial charge in [0, 0.05) is 13.1 Å². The lowest BCUT2D eigenvalue weighted by Gasteiger charge is -2.27. The van der Waals surface area contributed by atoms with Gasteiger partial charge in [0.05, 0.1) is 4.90 Å². The van der Waals surface area contributed by atoms with Gasteiger partial charge in [-0.05, 0) is 60.2 Å². The van der Waals surface area contributed by atoms with Crippen LogP contribution in [0.4, 0.5) is 0 Å². The van der Waals surface area contributed by atoms with E-state index in [0.717, 1.165) is 35.1 Å². The molecule has 1 heterocycles. The molecule has 0 N–H and O–H groups in total. The van der Waals surface area contributed by atoms with Crippen LogP contribution in [0.3, 0.4) is 0 Å². The average Bonchev–Trinajstić information content (AvgIpc) is 2.72. The summed E-state index contributed by atoms with van der Waals surface area (Å²) in [6.45, 7) is 2.84. The Kier molecular flexibility index (Phi) is 5.65. The zero-order chi connectivity index (χ0) is 20.3. The Morgan fingerprint density at radius 1 is 0.862 bits per heavy atom. The van der Waals surface area contributed by atoms with Crippen LogP contribution in [-0.4, -0.2) is 25.8 Å². The van der Waals surface area contributed by atoms with Crippen molar-refractivity contribution in [3.05, 3.63) is 101 Å². The predicted octanol–water partition coefficient (Wildman–Crippen LogP) is 5.17. The largest absolute Gasteiger partial charge is 0.243 e. The van der Waals surface area contributed by atoms with Crippen LogP contribution in [0.1, 0.15) is 28.7 Å². The van der Waals surface area contributed by atoms with Crippen molar-refractivity contribution in [2.75, 3.05) is 13.1 Å². The number of aryl methyl sites for hydroxylation is 2. The summed E-state index contributed by atoms with van der Waals surface area (Å²) in [6.07, 6.45) is 3.78. The van der Waals surface area contributed by atoms with E-state index in [1.54, 1.807) is 16.4 Å². The van der Waals surface area contributed by atoms with E-state index in [1.165, 1.54) is 5.56 Å². The number of benzene rings is 3. The van der Waals surface area contributed by atoms with Crippen molar-refractivity contribution in [3.8, 4) is 0 Å². The summed E-state index contributed by atoms with van der Waals surface area (Å²) in [5.74, 6) is 0. The normalized spacial score (nSPS) is 16.8. The van der Waals surface area contributed by atoms with Gasteiger partial charge in [0.2, 0.25) is 10.0 Å². The molecule has 1 aliphatic heterocycles. The van der Waals surface area contributed by atoms with Crippen LogP contribution in [0.2, 0.25) is 0 Å². The highest BCUT2D eigenvalue weighted by Crippen LogP contribution is 2.29. The fraction of sp³-hybridized carbons (Fsp3) is 0.200. The van der Waals surface area contributed by atoms with Crippen LogP contribution >= 0.6 is 0 Å². The maximum atomic E-state index is 13.4. The molecule has 0 aliphatic carbocycles. The molecule has 0 amide bonds. The molecule has 3 aromatic carbocycles. The van der Waals surface area contributed by atoms with Crippen LogP contribution in [-0.2, 0) is 16.4 Å². The number of sulfonamides is 1. The third-order valence-corrected chi connectivity index (χ3v) is 7.22. The van der Waals surface area contributed by atoms with Gasteiger partial charge in [0.15, 0.2) is 0 Å². The lowest BCUT2D eigenvalue weighted by Crippen LogP contribution is -2.35. The summed E-state index contributed by atoms with van der Waals surface area (Å²) in [4.78, 5) is 0.357. The highest BCUT2D eigenvalue weighted by atomic mass is 32.2. The first kappa shape index (κ1) is 19.6. The Hall–Kier alpha value is -2.69. The second-order valence-corrected chi connectivity index (χ2v) is 9.43. The van der Waals surface area contributed by atoms with Crippen LogP contribution in [0.25, 0.3) is 11.6 Å². The topological polar surface area (TPSA) is 37.4 Å². The Morgan fingerprint density at radius 3 is 2.31 bits per heavy atom. The van der Waals surface area contributed by atoms with E-state index < -0.39 is 10.0 Å². The molecule has 148 valence electrons. The van der Waals surface area contributed by atoms with Crippen molar-refractivity contribution in [2.45, 2.75) is 24.7 Å². The minimum Gasteiger partial charge on any atom is -0.207 e. The number of rotatable bonds is 3. The molecule has 0 aromatic heterocycles. The minimum atomic E-state index is -3.55. The van der Waals surface area contributed by atoms with Crippen molar-refractivity contribution < 1.29 is 8.42 Å². The summed E-state index contributed by atoms with van der Waals surface area (Å²) in [6, 6.07) is 25.5. The zero-order valence-corrected chi connectivity index (χ0v) is 17.4. The molecule has 0 fully saturated rings. The predicted molar refractivity (Wildman–Crippen MR) is 119 cm³/mol. The number of nitrogens with zero attached hydrogens (tertiary/aromatic N) is 1. The highest BCUT2D eigenvalue weighted by molar-refractivity contribution is 7.89. The van der Waals surface area contributed by atoms with Crippen molar-refractivity contribution in [3.63, 3.8) is 0 Å². The average molecular weight is 404 g/mol. The molecule has 3 aromatic rings. The number of fused-ring (bicyclic) bond motifs is 1. The monoisotopic (exact) mass is 403 g/mol. The molecular weight excluding hydrogens is 378 g/mol. The number of hydrogen-bond acceptors (Lipinski definition) is 2. The van der Waals surface area contributed by atoms with Gasteiger partial charge >= 0.3 is 0 Å². The molecule has 3 nitrogen and oxygen atoms in total. The Balaban J connectivity index is 1.77. The van der Waals surface area contributed by atoms with Crippen molar-refractivity contribution in [2.24, 2.45) is 0 Å². The number of hydrogen-bond donors (Lipinski definition) is 0. The molecule has 0 unspecified atom stereocenters. The third-order valence-electron chi connectivity index (χ3n) is 5.36. The van der Waals surface area contributed by atoms with Crippen LogP contribution in [0, 0.1) is 6.92 Å². The molecule has 0 radical (unpaired) electrons. The van der Waals surface area contributed by atoms with Gasteiger partial charge in [0.25, 0.3) is 0 Å². The molecule has 0 spiro atoms. The highest BCUT2D eigenvalue weighted by Gasteiger charge is 2.27. The molecule has 4 heteroatoms. The van der Waals surface area contributed by atoms with E-state index in [2.05, 4.69) is 24.3 Å². The van der Waals surface area contributed by atoms with Crippen LogP contribution in [0.5, 0.6) is 0 Å². The van der Waals surface area contributed by atoms with Crippen molar-refractivity contribution in [1.29, 1.82) is 0 Å². The Bertz CT molecular complexity index is 1120. The quantitative estimate of drug-likeness (QED) is 0.605. The smallest absolute Gasteiger partial charge is 0.207 e. The lowest BCUT2D eigenvalue weighted by atomic mass is 9.93. The molecular formula is C25H25NO2S. The molecule has 1 aliphatic rings. The molecule has 29 heavy (non-hydrogen) atoms. The molecule has 0 saturated heterocycles. The molecule has 0 saturated carbocycles. The second kappa shape index (κ2) is 8.36. The Labute approximate surface area is 173 Å². The first-order chi connectivity index (χ1) is 14.0. The third kappa shape index (κ3) is 4.34. The fourth-order valence-corrected chi connectivity index (χ4v) is 5.25. The van der Waals surface area contributed by atoms with E-state index in [9.17, 15) is 8.42 Å². The lowest BCUT2D eigenvalue weighted by molar-refractivity contribution is 0.435. The minimum absolute atomic E-state index is 0.357. The SMILES string of the molecule is Cc1ccc(S(=O)(=O)N2CCCc3ccccc3/C(=C\c3ccccc3)C2)cc1. The summed E-state index contributed by atoms with van der Waals surface area (Å²) in [7, 11) is -3.55. The summed E-state index contributed by atoms with van der Waals surface area (Å²) >= 11 is 0. The van der Waals surface area contributed by atoms with Gasteiger partial charge < -0.3 is 0 Å². The van der Waals surface area contributed by atoms with Gasteiger partial charge in [-0.1, -0.05) is 72.3 Å². The molecule has 0 bridgehead atoms. The van der Waals surface area contributed by atoms with E-state index in [-0.39, 0.29) is 0 Å². The van der Waals surface area contributed by atoms with Gasteiger partial charge in [-0.2, -0.15) is 4.31 Å². The maximum Gasteiger partial charge on any atom is 0.243 e. The van der Waals surface area contributed by atoms with E-state index in [4.69, 9.17) is 0 Å². The zero-order valence-electron chi connectivity index (χ0n) is 16.6. The van der Waals surface area contributed by atoms with Crippen LogP contribution in [0.15, 0.2) is 83.8 Å². The summed E-state index contributed by atoms with van der Waals surface area (Å²) < 4.78 is 28.4. The second-order valence-electron chi connectivity index (χ2n) is 7.49. The summed E-state index contributed by atoms with van der Waals surface area (Å²) in [5.41, 5.74) is 5.57. The molecule has 4 rings (SSSR count). The molecule has 0 atom stereocenters. The van der Waals surface area contributed by atoms with Crippen molar-refractivity contribution in [1.82, 2.24) is 4.31 Å². The standard InChI is InChI=1S/C25H25NO2S/c1-20-13-15-24(16-14-20)29(27,28)26-17-7-11-22-10-5-6-12-25(22)23(19-26)18-21-8-3-2-4-9-21/h2-6,8-10,12-16,18H,7,11,17,19H2,1H3/b23-18-. The van der Waals surface area contributed by atoms with Gasteiger partial charge in [0.1, 0.15) is 0 Å². The Morgan fingerprint density at radius 2 is 1.55 bits per heavy atom. The van der Waals surface area contributed by atoms with Gasteiger partial charge in [-0.25, -0.2) is 8.42 Å². The maximum absolute atomic E-state index is 13.4. The fourth-order valence-electron chi connectivity index (χ4n) is 3.79. The first-order valence-electron chi connectivity index (χ1n) is 9.95. The van der Waals surface area contributed by atoms with E-state index in [0.29, 0.717) is 18.0 Å². The van der Waals surface area contributed by atoms with E-state index in [1.807, 2.05) is 55.5 Å². The van der Waals surface area contributed by atoms with Gasteiger partial charge in [-0.3, -0.25) is 0 Å². The van der Waals surface area contributed by atoms with Crippen LogP contribution < -0.4 is 0 Å².